The maximum Gasteiger partial charge on any atom is 0.234 e. The molecule has 6 heteroatoms. The van der Waals surface area contributed by atoms with Crippen molar-refractivity contribution in [2.45, 2.75) is 32.2 Å². The molecule has 0 saturated heterocycles. The molecule has 0 fully saturated rings. The third kappa shape index (κ3) is 3.60. The van der Waals surface area contributed by atoms with E-state index in [1.807, 2.05) is 63.2 Å². The summed E-state index contributed by atoms with van der Waals surface area (Å²) in [5, 5.41) is 4.66. The minimum Gasteiger partial charge on any atom is -0.451 e. The summed E-state index contributed by atoms with van der Waals surface area (Å²) in [4.78, 5) is 21.7. The lowest BCUT2D eigenvalue weighted by molar-refractivity contribution is -0.113. The highest BCUT2D eigenvalue weighted by Gasteiger charge is 2.17. The number of nitrogens with one attached hydrogen (secondary N) is 1. The number of hydrogen-bond donors (Lipinski definition) is 1. The molecule has 1 N–H and O–H groups in total. The van der Waals surface area contributed by atoms with Crippen LogP contribution in [0.5, 0.6) is 0 Å². The van der Waals surface area contributed by atoms with Crippen LogP contribution in [0.4, 0.5) is 5.69 Å². The van der Waals surface area contributed by atoms with Gasteiger partial charge in [-0.3, -0.25) is 4.79 Å². The van der Waals surface area contributed by atoms with Crippen LogP contribution < -0.4 is 5.32 Å². The van der Waals surface area contributed by atoms with Gasteiger partial charge in [-0.15, -0.1) is 0 Å². The van der Waals surface area contributed by atoms with E-state index in [-0.39, 0.29) is 11.7 Å². The molecule has 0 atom stereocenters. The van der Waals surface area contributed by atoms with Gasteiger partial charge in [-0.1, -0.05) is 43.0 Å². The van der Waals surface area contributed by atoms with E-state index in [1.54, 1.807) is 0 Å². The first-order chi connectivity index (χ1) is 13.5. The number of aryl methyl sites for hydroxylation is 3. The van der Waals surface area contributed by atoms with E-state index in [0.29, 0.717) is 10.6 Å². The summed E-state index contributed by atoms with van der Waals surface area (Å²) in [5.74, 6) is 0.927. The molecule has 4 aromatic rings. The molecule has 0 radical (unpaired) electrons. The van der Waals surface area contributed by atoms with E-state index < -0.39 is 0 Å². The zero-order chi connectivity index (χ0) is 19.7. The van der Waals surface area contributed by atoms with E-state index in [0.717, 1.165) is 45.5 Å². The molecule has 0 bridgehead atoms. The van der Waals surface area contributed by atoms with Crippen LogP contribution >= 0.6 is 11.8 Å². The Morgan fingerprint density at radius 2 is 1.96 bits per heavy atom. The van der Waals surface area contributed by atoms with Gasteiger partial charge in [0.2, 0.25) is 5.91 Å². The normalized spacial score (nSPS) is 11.2. The molecule has 28 heavy (non-hydrogen) atoms. The van der Waals surface area contributed by atoms with Crippen LogP contribution in [-0.2, 0) is 11.2 Å². The van der Waals surface area contributed by atoms with Crippen molar-refractivity contribution in [1.82, 2.24) is 9.97 Å². The van der Waals surface area contributed by atoms with Crippen molar-refractivity contribution in [3.8, 4) is 0 Å². The fourth-order valence-corrected chi connectivity index (χ4v) is 3.84. The highest BCUT2D eigenvalue weighted by Crippen LogP contribution is 2.33. The van der Waals surface area contributed by atoms with Crippen LogP contribution in [0, 0.1) is 13.8 Å². The standard InChI is InChI=1S/C22H21N3O2S/c1-4-18-24-20-15-7-5-6-8-17(15)27-21(20)22(25-18)28-12-19(26)23-16-11-13(2)9-10-14(16)3/h5-11H,4,12H2,1-3H3,(H,23,26). The predicted octanol–water partition coefficient (Wildman–Crippen LogP) is 5.29. The van der Waals surface area contributed by atoms with Gasteiger partial charge in [-0.25, -0.2) is 9.97 Å². The molecule has 0 aliphatic carbocycles. The second-order valence-electron chi connectivity index (χ2n) is 6.73. The number of rotatable bonds is 5. The molecular weight excluding hydrogens is 370 g/mol. The average Bonchev–Trinajstić information content (AvgIpc) is 3.07. The summed E-state index contributed by atoms with van der Waals surface area (Å²) in [6.07, 6.45) is 0.720. The van der Waals surface area contributed by atoms with E-state index >= 15 is 0 Å². The quantitative estimate of drug-likeness (QED) is 0.370. The van der Waals surface area contributed by atoms with Crippen LogP contribution in [0.15, 0.2) is 51.9 Å². The molecule has 2 aromatic heterocycles. The highest BCUT2D eigenvalue weighted by molar-refractivity contribution is 8.00. The smallest absolute Gasteiger partial charge is 0.234 e. The van der Waals surface area contributed by atoms with E-state index in [1.165, 1.54) is 11.8 Å². The first-order valence-electron chi connectivity index (χ1n) is 9.23. The number of furan rings is 1. The lowest BCUT2D eigenvalue weighted by Crippen LogP contribution is -2.15. The van der Waals surface area contributed by atoms with Gasteiger partial charge in [0, 0.05) is 17.5 Å². The number of para-hydroxylation sites is 1. The number of benzene rings is 2. The fourth-order valence-electron chi connectivity index (χ4n) is 3.06. The number of nitrogens with zero attached hydrogens (tertiary/aromatic N) is 2. The SMILES string of the molecule is CCc1nc(SCC(=O)Nc2cc(C)ccc2C)c2oc3ccccc3c2n1. The number of hydrogen-bond acceptors (Lipinski definition) is 5. The molecule has 0 aliphatic rings. The lowest BCUT2D eigenvalue weighted by Gasteiger charge is -2.09. The van der Waals surface area contributed by atoms with Gasteiger partial charge in [0.1, 0.15) is 22.0 Å². The number of thioether (sulfide) groups is 1. The van der Waals surface area contributed by atoms with Crippen molar-refractivity contribution in [2.75, 3.05) is 11.1 Å². The number of carbonyl (C=O) groups excluding carboxylic acids is 1. The Kier molecular flexibility index (Phi) is 5.05. The van der Waals surface area contributed by atoms with Gasteiger partial charge in [0.15, 0.2) is 5.58 Å². The fraction of sp³-hybridized carbons (Fsp3) is 0.227. The summed E-state index contributed by atoms with van der Waals surface area (Å²) < 4.78 is 5.99. The Morgan fingerprint density at radius 3 is 2.79 bits per heavy atom. The maximum absolute atomic E-state index is 12.5. The number of fused-ring (bicyclic) bond motifs is 3. The first kappa shape index (κ1) is 18.5. The van der Waals surface area contributed by atoms with Crippen LogP contribution in [0.25, 0.3) is 22.1 Å². The maximum atomic E-state index is 12.5. The van der Waals surface area contributed by atoms with Gasteiger partial charge >= 0.3 is 0 Å². The molecule has 0 saturated carbocycles. The molecule has 0 aliphatic heterocycles. The molecule has 4 rings (SSSR count). The largest absolute Gasteiger partial charge is 0.451 e. The van der Waals surface area contributed by atoms with Crippen molar-refractivity contribution in [3.63, 3.8) is 0 Å². The van der Waals surface area contributed by atoms with Crippen LogP contribution in [-0.4, -0.2) is 21.6 Å². The lowest BCUT2D eigenvalue weighted by atomic mass is 10.1. The minimum absolute atomic E-state index is 0.0698. The molecule has 2 heterocycles. The molecule has 142 valence electrons. The monoisotopic (exact) mass is 391 g/mol. The number of anilines is 1. The number of aromatic nitrogens is 2. The zero-order valence-corrected chi connectivity index (χ0v) is 16.9. The van der Waals surface area contributed by atoms with Gasteiger partial charge in [-0.2, -0.15) is 0 Å². The molecule has 5 nitrogen and oxygen atoms in total. The van der Waals surface area contributed by atoms with Crippen molar-refractivity contribution in [2.24, 2.45) is 0 Å². The topological polar surface area (TPSA) is 68.0 Å². The summed E-state index contributed by atoms with van der Waals surface area (Å²) >= 11 is 1.38. The Labute approximate surface area is 167 Å². The molecule has 2 aromatic carbocycles. The van der Waals surface area contributed by atoms with Crippen molar-refractivity contribution < 1.29 is 9.21 Å². The van der Waals surface area contributed by atoms with E-state index in [2.05, 4.69) is 15.3 Å². The first-order valence-corrected chi connectivity index (χ1v) is 10.2. The number of amides is 1. The predicted molar refractivity (Wildman–Crippen MR) is 114 cm³/mol. The van der Waals surface area contributed by atoms with E-state index in [4.69, 9.17) is 4.42 Å². The molecular formula is C22H21N3O2S. The molecule has 1 amide bonds. The van der Waals surface area contributed by atoms with Crippen LogP contribution in [0.3, 0.4) is 0 Å². The third-order valence-corrected chi connectivity index (χ3v) is 5.51. The van der Waals surface area contributed by atoms with Gasteiger partial charge < -0.3 is 9.73 Å². The summed E-state index contributed by atoms with van der Waals surface area (Å²) in [6.45, 7) is 6.01. The molecule has 0 unspecified atom stereocenters. The van der Waals surface area contributed by atoms with Gasteiger partial charge in [0.25, 0.3) is 0 Å². The highest BCUT2D eigenvalue weighted by atomic mass is 32.2. The summed E-state index contributed by atoms with van der Waals surface area (Å²) in [7, 11) is 0. The zero-order valence-electron chi connectivity index (χ0n) is 16.1. The average molecular weight is 391 g/mol. The molecule has 0 spiro atoms. The van der Waals surface area contributed by atoms with Crippen molar-refractivity contribution in [3.05, 3.63) is 59.4 Å². The Bertz CT molecular complexity index is 1180. The Hall–Kier alpha value is -2.86. The second kappa shape index (κ2) is 7.64. The van der Waals surface area contributed by atoms with Crippen molar-refractivity contribution in [1.29, 1.82) is 0 Å². The van der Waals surface area contributed by atoms with Gasteiger partial charge in [0.05, 0.1) is 5.75 Å². The number of carbonyl (C=O) groups is 1. The Morgan fingerprint density at radius 1 is 1.14 bits per heavy atom. The minimum atomic E-state index is -0.0698. The third-order valence-electron chi connectivity index (χ3n) is 4.56. The van der Waals surface area contributed by atoms with Crippen LogP contribution in [0.2, 0.25) is 0 Å². The van der Waals surface area contributed by atoms with Crippen LogP contribution in [0.1, 0.15) is 23.9 Å². The van der Waals surface area contributed by atoms with E-state index in [9.17, 15) is 4.79 Å². The van der Waals surface area contributed by atoms with Crippen molar-refractivity contribution >= 4 is 45.4 Å². The second-order valence-corrected chi connectivity index (χ2v) is 7.69. The summed E-state index contributed by atoms with van der Waals surface area (Å²) in [5.41, 5.74) is 5.22. The Balaban J connectivity index is 1.60. The van der Waals surface area contributed by atoms with Gasteiger partial charge in [-0.05, 0) is 43.2 Å². The summed E-state index contributed by atoms with van der Waals surface area (Å²) in [6, 6.07) is 13.8.